The van der Waals surface area contributed by atoms with Crippen molar-refractivity contribution in [2.45, 2.75) is 33.2 Å². The number of benzene rings is 1. The molecule has 0 radical (unpaired) electrons. The zero-order valence-corrected chi connectivity index (χ0v) is 12.3. The number of likely N-dealkylation sites (N-methyl/N-ethyl adjacent to an activating group) is 1. The summed E-state index contributed by atoms with van der Waals surface area (Å²) in [6.45, 7) is 7.83. The van der Waals surface area contributed by atoms with Gasteiger partial charge in [0.15, 0.2) is 5.78 Å². The van der Waals surface area contributed by atoms with E-state index in [1.54, 1.807) is 0 Å². The molecule has 0 aromatic heterocycles. The smallest absolute Gasteiger partial charge is 0.176 e. The largest absolute Gasteiger partial charge is 0.293 e. The van der Waals surface area contributed by atoms with Gasteiger partial charge in [0.1, 0.15) is 0 Å². The monoisotopic (exact) mass is 297 g/mol. The highest BCUT2D eigenvalue weighted by molar-refractivity contribution is 9.10. The normalized spacial score (nSPS) is 12.8. The van der Waals surface area contributed by atoms with Crippen molar-refractivity contribution >= 4 is 21.7 Å². The molecule has 0 aliphatic rings. The molecule has 3 heteroatoms. The fraction of sp³-hybridized carbons (Fsp3) is 0.500. The summed E-state index contributed by atoms with van der Waals surface area (Å²) in [6, 6.07) is 8.02. The Morgan fingerprint density at radius 1 is 1.29 bits per heavy atom. The van der Waals surface area contributed by atoms with Crippen LogP contribution in [0.5, 0.6) is 0 Å². The molecule has 1 rings (SSSR count). The van der Waals surface area contributed by atoms with E-state index in [2.05, 4.69) is 41.6 Å². The van der Waals surface area contributed by atoms with E-state index >= 15 is 0 Å². The molecular formula is C14H20BrNO. The van der Waals surface area contributed by atoms with Crippen molar-refractivity contribution in [2.75, 3.05) is 13.1 Å². The Bertz CT molecular complexity index is 361. The molecule has 0 aliphatic heterocycles. The predicted molar refractivity (Wildman–Crippen MR) is 75.5 cm³/mol. The van der Waals surface area contributed by atoms with Gasteiger partial charge in [0.2, 0.25) is 0 Å². The third-order valence-electron chi connectivity index (χ3n) is 3.13. The molecule has 0 aliphatic carbocycles. The van der Waals surface area contributed by atoms with Crippen molar-refractivity contribution < 1.29 is 4.79 Å². The molecule has 1 aromatic rings. The molecular weight excluding hydrogens is 278 g/mol. The minimum absolute atomic E-state index is 0.194. The summed E-state index contributed by atoms with van der Waals surface area (Å²) >= 11 is 3.37. The summed E-state index contributed by atoms with van der Waals surface area (Å²) in [7, 11) is 0. The number of halogens is 1. The van der Waals surface area contributed by atoms with Crippen molar-refractivity contribution in [3.8, 4) is 0 Å². The molecule has 2 nitrogen and oxygen atoms in total. The number of Topliss-reactive ketones (excluding diaryl/α,β-unsaturated/α-hetero) is 1. The molecule has 0 spiro atoms. The van der Waals surface area contributed by atoms with Crippen LogP contribution in [0.15, 0.2) is 28.7 Å². The average molecular weight is 298 g/mol. The number of ketones is 1. The van der Waals surface area contributed by atoms with Gasteiger partial charge in [-0.05, 0) is 32.0 Å². The van der Waals surface area contributed by atoms with Crippen LogP contribution in [-0.4, -0.2) is 29.8 Å². The predicted octanol–water partition coefficient (Wildman–Crippen LogP) is 3.75. The molecule has 1 unspecified atom stereocenters. The van der Waals surface area contributed by atoms with Crippen molar-refractivity contribution in [3.05, 3.63) is 34.3 Å². The maximum Gasteiger partial charge on any atom is 0.176 e. The van der Waals surface area contributed by atoms with Gasteiger partial charge in [-0.25, -0.2) is 0 Å². The van der Waals surface area contributed by atoms with Gasteiger partial charge < -0.3 is 0 Å². The average Bonchev–Trinajstić information content (AvgIpc) is 2.35. The van der Waals surface area contributed by atoms with Crippen LogP contribution in [-0.2, 0) is 0 Å². The fourth-order valence-corrected chi connectivity index (χ4v) is 2.01. The van der Waals surface area contributed by atoms with E-state index in [0.717, 1.165) is 23.0 Å². The van der Waals surface area contributed by atoms with Crippen LogP contribution >= 0.6 is 15.9 Å². The Morgan fingerprint density at radius 3 is 2.35 bits per heavy atom. The Balaban J connectivity index is 2.67. The highest BCUT2D eigenvalue weighted by atomic mass is 79.9. The van der Waals surface area contributed by atoms with Gasteiger partial charge in [-0.2, -0.15) is 0 Å². The molecule has 1 aromatic carbocycles. The summed E-state index contributed by atoms with van der Waals surface area (Å²) in [5, 5.41) is 0. The molecule has 0 bridgehead atoms. The standard InChI is InChI=1S/C14H20BrNO/c1-4-11(3)16(5-2)10-14(17)12-6-8-13(15)9-7-12/h6-9,11H,4-5,10H2,1-3H3. The lowest BCUT2D eigenvalue weighted by molar-refractivity contribution is 0.0902. The first-order valence-electron chi connectivity index (χ1n) is 6.11. The lowest BCUT2D eigenvalue weighted by Crippen LogP contribution is -2.36. The van der Waals surface area contributed by atoms with Gasteiger partial charge in [-0.3, -0.25) is 9.69 Å². The lowest BCUT2D eigenvalue weighted by Gasteiger charge is -2.26. The first-order valence-corrected chi connectivity index (χ1v) is 6.90. The Labute approximate surface area is 112 Å². The summed E-state index contributed by atoms with van der Waals surface area (Å²) in [6.07, 6.45) is 1.07. The molecule has 0 saturated heterocycles. The Morgan fingerprint density at radius 2 is 1.88 bits per heavy atom. The van der Waals surface area contributed by atoms with E-state index in [0.29, 0.717) is 12.6 Å². The maximum absolute atomic E-state index is 12.1. The van der Waals surface area contributed by atoms with Crippen molar-refractivity contribution in [3.63, 3.8) is 0 Å². The number of rotatable bonds is 6. The van der Waals surface area contributed by atoms with Gasteiger partial charge in [0.05, 0.1) is 6.54 Å². The highest BCUT2D eigenvalue weighted by Crippen LogP contribution is 2.12. The van der Waals surface area contributed by atoms with E-state index in [1.807, 2.05) is 24.3 Å². The van der Waals surface area contributed by atoms with Crippen LogP contribution in [0.1, 0.15) is 37.6 Å². The second-order valence-corrected chi connectivity index (χ2v) is 5.17. The second kappa shape index (κ2) is 6.92. The SMILES string of the molecule is CCC(C)N(CC)CC(=O)c1ccc(Br)cc1. The molecule has 0 saturated carbocycles. The van der Waals surface area contributed by atoms with E-state index in [4.69, 9.17) is 0 Å². The van der Waals surface area contributed by atoms with Gasteiger partial charge in [-0.1, -0.05) is 41.9 Å². The van der Waals surface area contributed by atoms with Crippen LogP contribution in [0, 0.1) is 0 Å². The topological polar surface area (TPSA) is 20.3 Å². The Hall–Kier alpha value is -0.670. The minimum Gasteiger partial charge on any atom is -0.293 e. The number of nitrogens with zero attached hydrogens (tertiary/aromatic N) is 1. The molecule has 1 atom stereocenters. The molecule has 0 N–H and O–H groups in total. The number of carbonyl (C=O) groups is 1. The maximum atomic E-state index is 12.1. The van der Waals surface area contributed by atoms with Crippen LogP contribution in [0.2, 0.25) is 0 Å². The molecule has 17 heavy (non-hydrogen) atoms. The van der Waals surface area contributed by atoms with Crippen molar-refractivity contribution in [2.24, 2.45) is 0 Å². The van der Waals surface area contributed by atoms with Crippen molar-refractivity contribution in [1.29, 1.82) is 0 Å². The summed E-state index contributed by atoms with van der Waals surface area (Å²) in [5.74, 6) is 0.194. The summed E-state index contributed by atoms with van der Waals surface area (Å²) in [4.78, 5) is 14.3. The van der Waals surface area contributed by atoms with Gasteiger partial charge in [0.25, 0.3) is 0 Å². The van der Waals surface area contributed by atoms with E-state index in [-0.39, 0.29) is 5.78 Å². The van der Waals surface area contributed by atoms with E-state index < -0.39 is 0 Å². The second-order valence-electron chi connectivity index (χ2n) is 4.25. The zero-order chi connectivity index (χ0) is 12.8. The van der Waals surface area contributed by atoms with Gasteiger partial charge in [-0.15, -0.1) is 0 Å². The number of hydrogen-bond acceptors (Lipinski definition) is 2. The molecule has 0 fully saturated rings. The lowest BCUT2D eigenvalue weighted by atomic mass is 10.1. The van der Waals surface area contributed by atoms with Crippen LogP contribution < -0.4 is 0 Å². The third kappa shape index (κ3) is 4.25. The van der Waals surface area contributed by atoms with Gasteiger partial charge in [0, 0.05) is 16.1 Å². The van der Waals surface area contributed by atoms with Crippen LogP contribution in [0.4, 0.5) is 0 Å². The minimum atomic E-state index is 0.194. The Kier molecular flexibility index (Phi) is 5.86. The zero-order valence-electron chi connectivity index (χ0n) is 10.7. The third-order valence-corrected chi connectivity index (χ3v) is 3.66. The van der Waals surface area contributed by atoms with Crippen molar-refractivity contribution in [1.82, 2.24) is 4.90 Å². The quantitative estimate of drug-likeness (QED) is 0.745. The van der Waals surface area contributed by atoms with E-state index in [1.165, 1.54) is 0 Å². The molecule has 0 amide bonds. The van der Waals surface area contributed by atoms with E-state index in [9.17, 15) is 4.79 Å². The first-order chi connectivity index (χ1) is 8.08. The summed E-state index contributed by atoms with van der Waals surface area (Å²) in [5.41, 5.74) is 0.787. The van der Waals surface area contributed by atoms with Gasteiger partial charge >= 0.3 is 0 Å². The number of hydrogen-bond donors (Lipinski definition) is 0. The molecule has 94 valence electrons. The van der Waals surface area contributed by atoms with Crippen LogP contribution in [0.3, 0.4) is 0 Å². The number of carbonyl (C=O) groups excluding carboxylic acids is 1. The van der Waals surface area contributed by atoms with Crippen LogP contribution in [0.25, 0.3) is 0 Å². The molecule has 0 heterocycles. The summed E-state index contributed by atoms with van der Waals surface area (Å²) < 4.78 is 1.00. The highest BCUT2D eigenvalue weighted by Gasteiger charge is 2.15. The fourth-order valence-electron chi connectivity index (χ4n) is 1.75. The first kappa shape index (κ1) is 14.4.